The second-order valence-electron chi connectivity index (χ2n) is 3.31. The van der Waals surface area contributed by atoms with E-state index in [1.54, 1.807) is 18.3 Å². The molecule has 88 valence electrons. The first-order chi connectivity index (χ1) is 7.69. The minimum absolute atomic E-state index is 0.112. The Balaban J connectivity index is 2.66. The van der Waals surface area contributed by atoms with Crippen LogP contribution < -0.4 is 0 Å². The van der Waals surface area contributed by atoms with Crippen LogP contribution in [0.5, 0.6) is 0 Å². The van der Waals surface area contributed by atoms with Crippen LogP contribution in [0.25, 0.3) is 0 Å². The molecule has 0 N–H and O–H groups in total. The van der Waals surface area contributed by atoms with E-state index in [1.165, 1.54) is 12.2 Å². The number of nitrogens with zero attached hydrogens (tertiary/aromatic N) is 2. The van der Waals surface area contributed by atoms with Crippen molar-refractivity contribution in [3.8, 4) is 0 Å². The summed E-state index contributed by atoms with van der Waals surface area (Å²) < 4.78 is 0. The standard InChI is InChI=1S/C11H15ClN2O2/c1-3-7-14(16-2)10(15)8-9-5-4-6-13-11(9)12/h4-6H,3,7-8H2,1-2H3. The molecule has 0 spiro atoms. The van der Waals surface area contributed by atoms with Crippen LogP contribution in [0, 0.1) is 0 Å². The number of carbonyl (C=O) groups excluding carboxylic acids is 1. The van der Waals surface area contributed by atoms with E-state index in [4.69, 9.17) is 16.4 Å². The highest BCUT2D eigenvalue weighted by Gasteiger charge is 2.14. The second kappa shape index (κ2) is 6.45. The van der Waals surface area contributed by atoms with Crippen molar-refractivity contribution in [3.05, 3.63) is 29.0 Å². The van der Waals surface area contributed by atoms with Gasteiger partial charge < -0.3 is 0 Å². The fraction of sp³-hybridized carbons (Fsp3) is 0.455. The first-order valence-corrected chi connectivity index (χ1v) is 5.50. The molecule has 0 radical (unpaired) electrons. The van der Waals surface area contributed by atoms with Crippen LogP contribution >= 0.6 is 11.6 Å². The molecule has 0 fully saturated rings. The molecule has 0 atom stereocenters. The van der Waals surface area contributed by atoms with Gasteiger partial charge in [0.25, 0.3) is 5.91 Å². The molecule has 0 saturated carbocycles. The molecule has 0 bridgehead atoms. The molecule has 0 aliphatic rings. The van der Waals surface area contributed by atoms with Gasteiger partial charge in [0.05, 0.1) is 13.5 Å². The van der Waals surface area contributed by atoms with Crippen molar-refractivity contribution in [1.29, 1.82) is 0 Å². The summed E-state index contributed by atoms with van der Waals surface area (Å²) in [5.74, 6) is -0.112. The summed E-state index contributed by atoms with van der Waals surface area (Å²) in [5, 5.41) is 1.70. The summed E-state index contributed by atoms with van der Waals surface area (Å²) in [6.07, 6.45) is 2.65. The number of halogens is 1. The normalized spacial score (nSPS) is 10.2. The van der Waals surface area contributed by atoms with Crippen LogP contribution in [-0.2, 0) is 16.1 Å². The van der Waals surface area contributed by atoms with Crippen LogP contribution in [0.15, 0.2) is 18.3 Å². The summed E-state index contributed by atoms with van der Waals surface area (Å²) in [7, 11) is 1.48. The Morgan fingerprint density at radius 3 is 2.94 bits per heavy atom. The van der Waals surface area contributed by atoms with Crippen LogP contribution in [-0.4, -0.2) is 29.6 Å². The lowest BCUT2D eigenvalue weighted by molar-refractivity contribution is -0.175. The Hall–Kier alpha value is -1.13. The molecule has 1 heterocycles. The fourth-order valence-corrected chi connectivity index (χ4v) is 1.51. The van der Waals surface area contributed by atoms with Crippen LogP contribution in [0.4, 0.5) is 0 Å². The lowest BCUT2D eigenvalue weighted by atomic mass is 10.2. The maximum absolute atomic E-state index is 11.8. The summed E-state index contributed by atoms with van der Waals surface area (Å²) in [6.45, 7) is 2.56. The van der Waals surface area contributed by atoms with E-state index in [0.717, 1.165) is 6.42 Å². The van der Waals surface area contributed by atoms with Crippen LogP contribution in [0.3, 0.4) is 0 Å². The molecule has 0 aromatic carbocycles. The quantitative estimate of drug-likeness (QED) is 0.587. The van der Waals surface area contributed by atoms with E-state index in [2.05, 4.69) is 4.98 Å². The molecule has 0 aliphatic carbocycles. The highest BCUT2D eigenvalue weighted by atomic mass is 35.5. The van der Waals surface area contributed by atoms with Gasteiger partial charge >= 0.3 is 0 Å². The van der Waals surface area contributed by atoms with Gasteiger partial charge in [-0.15, -0.1) is 0 Å². The molecule has 4 nitrogen and oxygen atoms in total. The maximum Gasteiger partial charge on any atom is 0.250 e. The van der Waals surface area contributed by atoms with Gasteiger partial charge in [0.2, 0.25) is 0 Å². The molecule has 0 aliphatic heterocycles. The smallest absolute Gasteiger partial charge is 0.250 e. The zero-order chi connectivity index (χ0) is 12.0. The van der Waals surface area contributed by atoms with Gasteiger partial charge in [0.15, 0.2) is 0 Å². The lowest BCUT2D eigenvalue weighted by Gasteiger charge is -2.18. The van der Waals surface area contributed by atoms with E-state index in [9.17, 15) is 4.79 Å². The molecular weight excluding hydrogens is 228 g/mol. The van der Waals surface area contributed by atoms with Crippen molar-refractivity contribution in [3.63, 3.8) is 0 Å². The number of hydrogen-bond donors (Lipinski definition) is 0. The number of pyridine rings is 1. The largest absolute Gasteiger partial charge is 0.274 e. The molecule has 1 rings (SSSR count). The van der Waals surface area contributed by atoms with Gasteiger partial charge in [-0.2, -0.15) is 0 Å². The number of amides is 1. The summed E-state index contributed by atoms with van der Waals surface area (Å²) >= 11 is 5.87. The van der Waals surface area contributed by atoms with Crippen molar-refractivity contribution in [2.24, 2.45) is 0 Å². The molecule has 16 heavy (non-hydrogen) atoms. The fourth-order valence-electron chi connectivity index (χ4n) is 1.32. The zero-order valence-electron chi connectivity index (χ0n) is 9.44. The average molecular weight is 243 g/mol. The first-order valence-electron chi connectivity index (χ1n) is 5.13. The van der Waals surface area contributed by atoms with Crippen molar-refractivity contribution < 1.29 is 9.63 Å². The molecule has 5 heteroatoms. The molecule has 0 saturated heterocycles. The van der Waals surface area contributed by atoms with E-state index < -0.39 is 0 Å². The monoisotopic (exact) mass is 242 g/mol. The van der Waals surface area contributed by atoms with Crippen molar-refractivity contribution in [2.45, 2.75) is 19.8 Å². The zero-order valence-corrected chi connectivity index (χ0v) is 10.2. The van der Waals surface area contributed by atoms with Crippen LogP contribution in [0.1, 0.15) is 18.9 Å². The van der Waals surface area contributed by atoms with Crippen molar-refractivity contribution in [2.75, 3.05) is 13.7 Å². The topological polar surface area (TPSA) is 42.4 Å². The highest BCUT2D eigenvalue weighted by molar-refractivity contribution is 6.30. The third-order valence-electron chi connectivity index (χ3n) is 2.10. The van der Waals surface area contributed by atoms with Gasteiger partial charge in [-0.25, -0.2) is 10.0 Å². The average Bonchev–Trinajstić information content (AvgIpc) is 2.29. The summed E-state index contributed by atoms with van der Waals surface area (Å²) in [5.41, 5.74) is 0.715. The van der Waals surface area contributed by atoms with E-state index >= 15 is 0 Å². The number of hydrogen-bond acceptors (Lipinski definition) is 3. The third kappa shape index (κ3) is 3.47. The highest BCUT2D eigenvalue weighted by Crippen LogP contribution is 2.13. The van der Waals surface area contributed by atoms with Gasteiger partial charge in [-0.05, 0) is 18.1 Å². The van der Waals surface area contributed by atoms with Gasteiger partial charge in [0, 0.05) is 12.7 Å². The third-order valence-corrected chi connectivity index (χ3v) is 2.44. The number of rotatable bonds is 5. The summed E-state index contributed by atoms with van der Waals surface area (Å²) in [6, 6.07) is 3.54. The van der Waals surface area contributed by atoms with E-state index in [0.29, 0.717) is 17.3 Å². The lowest BCUT2D eigenvalue weighted by Crippen LogP contribution is -2.32. The van der Waals surface area contributed by atoms with Gasteiger partial charge in [0.1, 0.15) is 5.15 Å². The summed E-state index contributed by atoms with van der Waals surface area (Å²) in [4.78, 5) is 20.7. The minimum Gasteiger partial charge on any atom is -0.274 e. The maximum atomic E-state index is 11.8. The Labute approximate surface area is 100 Å². The first kappa shape index (κ1) is 12.9. The predicted octanol–water partition coefficient (Wildman–Crippen LogP) is 2.08. The SMILES string of the molecule is CCCN(OC)C(=O)Cc1cccnc1Cl. The van der Waals surface area contributed by atoms with Crippen LogP contribution in [0.2, 0.25) is 5.15 Å². The molecule has 1 amide bonds. The molecule has 1 aromatic heterocycles. The number of aromatic nitrogens is 1. The molecule has 0 unspecified atom stereocenters. The minimum atomic E-state index is -0.112. The Morgan fingerprint density at radius 2 is 2.38 bits per heavy atom. The molecule has 1 aromatic rings. The number of hydroxylamine groups is 2. The number of carbonyl (C=O) groups is 1. The van der Waals surface area contributed by atoms with Crippen molar-refractivity contribution in [1.82, 2.24) is 10.0 Å². The van der Waals surface area contributed by atoms with Gasteiger partial charge in [-0.3, -0.25) is 9.63 Å². The van der Waals surface area contributed by atoms with E-state index in [-0.39, 0.29) is 12.3 Å². The van der Waals surface area contributed by atoms with Gasteiger partial charge in [-0.1, -0.05) is 24.6 Å². The molecular formula is C11H15ClN2O2. The Kier molecular flexibility index (Phi) is 5.22. The Bertz CT molecular complexity index is 358. The van der Waals surface area contributed by atoms with E-state index in [1.807, 2.05) is 6.92 Å². The predicted molar refractivity (Wildman–Crippen MR) is 62.0 cm³/mol. The second-order valence-corrected chi connectivity index (χ2v) is 3.67. The van der Waals surface area contributed by atoms with Crippen molar-refractivity contribution >= 4 is 17.5 Å². The Morgan fingerprint density at radius 1 is 1.62 bits per heavy atom.